The molecule has 142 valence electrons. The number of nitrogens with zero attached hydrogens (tertiary/aromatic N) is 1. The van der Waals surface area contributed by atoms with E-state index in [0.717, 1.165) is 30.4 Å². The van der Waals surface area contributed by atoms with Crippen LogP contribution in [0.4, 0.5) is 0 Å². The fourth-order valence-corrected chi connectivity index (χ4v) is 4.33. The molecule has 0 N–H and O–H groups in total. The normalized spacial score (nSPS) is 12.3. The first-order valence-corrected chi connectivity index (χ1v) is 10.7. The molecule has 1 aromatic heterocycles. The van der Waals surface area contributed by atoms with Crippen molar-refractivity contribution < 1.29 is 4.74 Å². The number of hydrogen-bond acceptors (Lipinski definition) is 3. The van der Waals surface area contributed by atoms with Crippen LogP contribution in [0.25, 0.3) is 0 Å². The number of ether oxygens (including phenoxy) is 1. The fourth-order valence-electron chi connectivity index (χ4n) is 3.25. The molecule has 1 unspecified atom stereocenters. The molecule has 0 saturated heterocycles. The van der Waals surface area contributed by atoms with Crippen molar-refractivity contribution in [2.75, 3.05) is 26.2 Å². The highest BCUT2D eigenvalue weighted by Crippen LogP contribution is 2.36. The highest BCUT2D eigenvalue weighted by atomic mass is 35.5. The van der Waals surface area contributed by atoms with E-state index < -0.39 is 0 Å². The molecular formula is C23H26ClNOS. The topological polar surface area (TPSA) is 12.5 Å². The molecule has 0 aliphatic heterocycles. The molecule has 1 heterocycles. The Kier molecular flexibility index (Phi) is 7.33. The van der Waals surface area contributed by atoms with E-state index in [1.54, 1.807) is 11.3 Å². The van der Waals surface area contributed by atoms with Gasteiger partial charge in [-0.1, -0.05) is 55.8 Å². The maximum atomic E-state index is 6.25. The molecule has 3 rings (SSSR count). The minimum atomic E-state index is 0.188. The zero-order valence-electron chi connectivity index (χ0n) is 15.9. The maximum Gasteiger partial charge on any atom is 0.119 e. The van der Waals surface area contributed by atoms with Crippen molar-refractivity contribution in [3.05, 3.63) is 87.1 Å². The highest BCUT2D eigenvalue weighted by molar-refractivity contribution is 7.10. The molecule has 0 saturated carbocycles. The Labute approximate surface area is 171 Å². The van der Waals surface area contributed by atoms with Gasteiger partial charge in [-0.25, -0.2) is 0 Å². The largest absolute Gasteiger partial charge is 0.492 e. The number of likely N-dealkylation sites (N-methyl/N-ethyl adjacent to an activating group) is 1. The molecule has 4 heteroatoms. The van der Waals surface area contributed by atoms with E-state index in [9.17, 15) is 0 Å². The second-order valence-electron chi connectivity index (χ2n) is 6.45. The van der Waals surface area contributed by atoms with Crippen LogP contribution in [0.5, 0.6) is 5.75 Å². The molecule has 0 amide bonds. The Bertz CT molecular complexity index is 813. The molecule has 2 nitrogen and oxygen atoms in total. The van der Waals surface area contributed by atoms with E-state index >= 15 is 0 Å². The highest BCUT2D eigenvalue weighted by Gasteiger charge is 2.18. The molecule has 0 fully saturated rings. The molecule has 0 bridgehead atoms. The third-order valence-electron chi connectivity index (χ3n) is 4.79. The van der Waals surface area contributed by atoms with E-state index in [4.69, 9.17) is 16.3 Å². The van der Waals surface area contributed by atoms with Crippen LogP contribution in [0.3, 0.4) is 0 Å². The van der Waals surface area contributed by atoms with Crippen molar-refractivity contribution in [2.45, 2.75) is 19.8 Å². The molecular weight excluding hydrogens is 374 g/mol. The molecule has 0 aliphatic rings. The van der Waals surface area contributed by atoms with Crippen LogP contribution in [0.1, 0.15) is 35.8 Å². The van der Waals surface area contributed by atoms with Crippen LogP contribution in [0.2, 0.25) is 5.02 Å². The number of hydrogen-bond donors (Lipinski definition) is 0. The van der Waals surface area contributed by atoms with Crippen molar-refractivity contribution in [3.8, 4) is 5.75 Å². The average Bonchev–Trinajstić information content (AvgIpc) is 3.21. The molecule has 2 aromatic carbocycles. The second-order valence-corrected chi connectivity index (χ2v) is 7.86. The molecule has 27 heavy (non-hydrogen) atoms. The number of thiophene rings is 1. The SMILES string of the molecule is CCN(CC)CCOc1ccc(C(c2cccc(Cl)c2)c2cccs2)cc1. The molecule has 0 spiro atoms. The summed E-state index contributed by atoms with van der Waals surface area (Å²) in [6.07, 6.45) is 0. The summed E-state index contributed by atoms with van der Waals surface area (Å²) in [5.74, 6) is 1.11. The number of benzene rings is 2. The summed E-state index contributed by atoms with van der Waals surface area (Å²) in [6.45, 7) is 8.14. The first kappa shape index (κ1) is 19.9. The predicted molar refractivity (Wildman–Crippen MR) is 116 cm³/mol. The van der Waals surface area contributed by atoms with Gasteiger partial charge in [-0.2, -0.15) is 0 Å². The van der Waals surface area contributed by atoms with E-state index in [1.807, 2.05) is 12.1 Å². The van der Waals surface area contributed by atoms with Crippen LogP contribution in [0, 0.1) is 0 Å². The standard InChI is InChI=1S/C23H26ClNOS/c1-3-25(4-2)14-15-26-21-12-10-18(11-13-21)23(22-9-6-16-27-22)19-7-5-8-20(24)17-19/h5-13,16-17,23H,3-4,14-15H2,1-2H3. The lowest BCUT2D eigenvalue weighted by Crippen LogP contribution is -2.27. The van der Waals surface area contributed by atoms with Gasteiger partial charge in [-0.3, -0.25) is 0 Å². The summed E-state index contributed by atoms with van der Waals surface area (Å²) in [4.78, 5) is 3.67. The smallest absolute Gasteiger partial charge is 0.119 e. The van der Waals surface area contributed by atoms with E-state index in [-0.39, 0.29) is 5.92 Å². The third-order valence-corrected chi connectivity index (χ3v) is 5.97. The van der Waals surface area contributed by atoms with Gasteiger partial charge >= 0.3 is 0 Å². The van der Waals surface area contributed by atoms with Gasteiger partial charge in [0.25, 0.3) is 0 Å². The number of rotatable bonds is 9. The summed E-state index contributed by atoms with van der Waals surface area (Å²) in [7, 11) is 0. The third kappa shape index (κ3) is 5.35. The van der Waals surface area contributed by atoms with Crippen molar-refractivity contribution >= 4 is 22.9 Å². The van der Waals surface area contributed by atoms with Crippen molar-refractivity contribution in [1.82, 2.24) is 4.90 Å². The Morgan fingerprint density at radius 3 is 2.37 bits per heavy atom. The Morgan fingerprint density at radius 2 is 1.74 bits per heavy atom. The van der Waals surface area contributed by atoms with Crippen LogP contribution in [-0.4, -0.2) is 31.1 Å². The quantitative estimate of drug-likeness (QED) is 0.418. The van der Waals surface area contributed by atoms with Crippen LogP contribution in [-0.2, 0) is 0 Å². The second kappa shape index (κ2) is 9.93. The average molecular weight is 400 g/mol. The van der Waals surface area contributed by atoms with E-state index in [0.29, 0.717) is 6.61 Å². The number of halogens is 1. The summed E-state index contributed by atoms with van der Waals surface area (Å²) in [5.41, 5.74) is 2.45. The van der Waals surface area contributed by atoms with Crippen LogP contribution < -0.4 is 4.74 Å². The van der Waals surface area contributed by atoms with Crippen molar-refractivity contribution in [1.29, 1.82) is 0 Å². The van der Waals surface area contributed by atoms with Gasteiger partial charge in [0, 0.05) is 22.4 Å². The summed E-state index contributed by atoms with van der Waals surface area (Å²) in [5, 5.41) is 2.89. The van der Waals surface area contributed by atoms with Gasteiger partial charge in [0.15, 0.2) is 0 Å². The Morgan fingerprint density at radius 1 is 0.963 bits per heavy atom. The first-order valence-electron chi connectivity index (χ1n) is 9.45. The van der Waals surface area contributed by atoms with Crippen molar-refractivity contribution in [3.63, 3.8) is 0 Å². The van der Waals surface area contributed by atoms with Crippen LogP contribution >= 0.6 is 22.9 Å². The molecule has 0 radical (unpaired) electrons. The maximum absolute atomic E-state index is 6.25. The lowest BCUT2D eigenvalue weighted by Gasteiger charge is -2.19. The minimum Gasteiger partial charge on any atom is -0.492 e. The summed E-state index contributed by atoms with van der Waals surface area (Å²) < 4.78 is 5.93. The fraction of sp³-hybridized carbons (Fsp3) is 0.304. The Balaban J connectivity index is 1.76. The van der Waals surface area contributed by atoms with E-state index in [1.165, 1.54) is 16.0 Å². The van der Waals surface area contributed by atoms with Gasteiger partial charge in [-0.15, -0.1) is 11.3 Å². The van der Waals surface area contributed by atoms with Gasteiger partial charge in [0.2, 0.25) is 0 Å². The Hall–Kier alpha value is -1.81. The van der Waals surface area contributed by atoms with E-state index in [2.05, 4.69) is 72.7 Å². The molecule has 1 atom stereocenters. The lowest BCUT2D eigenvalue weighted by atomic mass is 9.90. The molecule has 0 aliphatic carbocycles. The monoisotopic (exact) mass is 399 g/mol. The summed E-state index contributed by atoms with van der Waals surface area (Å²) >= 11 is 8.02. The van der Waals surface area contributed by atoms with Gasteiger partial charge in [0.05, 0.1) is 0 Å². The minimum absolute atomic E-state index is 0.188. The van der Waals surface area contributed by atoms with Gasteiger partial charge in [-0.05, 0) is 59.9 Å². The summed E-state index contributed by atoms with van der Waals surface area (Å²) in [6, 6.07) is 20.9. The van der Waals surface area contributed by atoms with Gasteiger partial charge in [0.1, 0.15) is 12.4 Å². The first-order chi connectivity index (χ1) is 13.2. The molecule has 3 aromatic rings. The van der Waals surface area contributed by atoms with Crippen molar-refractivity contribution in [2.24, 2.45) is 0 Å². The predicted octanol–water partition coefficient (Wildman–Crippen LogP) is 6.30. The van der Waals surface area contributed by atoms with Gasteiger partial charge < -0.3 is 9.64 Å². The zero-order valence-corrected chi connectivity index (χ0v) is 17.5. The van der Waals surface area contributed by atoms with Crippen LogP contribution in [0.15, 0.2) is 66.0 Å². The lowest BCUT2D eigenvalue weighted by molar-refractivity contribution is 0.223. The zero-order chi connectivity index (χ0) is 19.1.